The monoisotopic (exact) mass is 328 g/mol. The molecular formula is C14H20N2O5S. The Morgan fingerprint density at radius 2 is 1.95 bits per heavy atom. The first-order valence-corrected chi connectivity index (χ1v) is 8.54. The van der Waals surface area contributed by atoms with Crippen molar-refractivity contribution in [3.8, 4) is 5.75 Å². The maximum Gasteiger partial charge on any atom is 0.261 e. The summed E-state index contributed by atoms with van der Waals surface area (Å²) >= 11 is 0. The first-order valence-electron chi connectivity index (χ1n) is 7.10. The number of carbonyl (C=O) groups excluding carboxylic acids is 1. The van der Waals surface area contributed by atoms with Crippen LogP contribution in [0, 0.1) is 0 Å². The zero-order chi connectivity index (χ0) is 16.2. The molecule has 0 saturated carbocycles. The van der Waals surface area contributed by atoms with Gasteiger partial charge in [0, 0.05) is 6.54 Å². The quantitative estimate of drug-likeness (QED) is 0.638. The SMILES string of the molecule is COc1ccc(S(=O)(=O)N2CCCCC[C@@H]2C(=O)NO)cc1. The van der Waals surface area contributed by atoms with Crippen LogP contribution in [0.3, 0.4) is 0 Å². The Hall–Kier alpha value is -1.64. The molecule has 2 rings (SSSR count). The van der Waals surface area contributed by atoms with Gasteiger partial charge in [0.25, 0.3) is 5.91 Å². The van der Waals surface area contributed by atoms with Crippen LogP contribution in [0.25, 0.3) is 0 Å². The van der Waals surface area contributed by atoms with Crippen LogP contribution in [0.2, 0.25) is 0 Å². The molecule has 0 spiro atoms. The van der Waals surface area contributed by atoms with Crippen LogP contribution in [0.15, 0.2) is 29.2 Å². The van der Waals surface area contributed by atoms with Crippen molar-refractivity contribution in [2.75, 3.05) is 13.7 Å². The predicted molar refractivity (Wildman–Crippen MR) is 79.1 cm³/mol. The van der Waals surface area contributed by atoms with Crippen molar-refractivity contribution < 1.29 is 23.2 Å². The third-order valence-corrected chi connectivity index (χ3v) is 5.70. The molecule has 0 unspecified atom stereocenters. The van der Waals surface area contributed by atoms with Gasteiger partial charge in [0.2, 0.25) is 10.0 Å². The average molecular weight is 328 g/mol. The van der Waals surface area contributed by atoms with Crippen LogP contribution < -0.4 is 10.2 Å². The second-order valence-corrected chi connectivity index (χ2v) is 7.02. The molecule has 1 amide bonds. The van der Waals surface area contributed by atoms with Gasteiger partial charge in [0.15, 0.2) is 0 Å². The van der Waals surface area contributed by atoms with Gasteiger partial charge in [-0.15, -0.1) is 0 Å². The van der Waals surface area contributed by atoms with Gasteiger partial charge in [-0.2, -0.15) is 4.31 Å². The largest absolute Gasteiger partial charge is 0.497 e. The minimum absolute atomic E-state index is 0.103. The van der Waals surface area contributed by atoms with Crippen molar-refractivity contribution in [1.82, 2.24) is 9.79 Å². The highest BCUT2D eigenvalue weighted by Gasteiger charge is 2.36. The number of carbonyl (C=O) groups is 1. The fourth-order valence-corrected chi connectivity index (χ4v) is 4.25. The average Bonchev–Trinajstić information content (AvgIpc) is 2.80. The maximum atomic E-state index is 12.8. The third-order valence-electron chi connectivity index (χ3n) is 3.78. The number of hydrogen-bond acceptors (Lipinski definition) is 5. The minimum atomic E-state index is -3.81. The Morgan fingerprint density at radius 3 is 2.55 bits per heavy atom. The summed E-state index contributed by atoms with van der Waals surface area (Å²) in [6.07, 6.45) is 2.67. The van der Waals surface area contributed by atoms with Crippen molar-refractivity contribution in [1.29, 1.82) is 0 Å². The molecule has 1 aliphatic heterocycles. The number of hydrogen-bond donors (Lipinski definition) is 2. The van der Waals surface area contributed by atoms with Crippen LogP contribution in [-0.4, -0.2) is 43.5 Å². The predicted octanol–water partition coefficient (Wildman–Crippen LogP) is 1.13. The van der Waals surface area contributed by atoms with E-state index >= 15 is 0 Å². The summed E-state index contributed by atoms with van der Waals surface area (Å²) in [5, 5.41) is 8.86. The van der Waals surface area contributed by atoms with E-state index < -0.39 is 22.0 Å². The molecule has 1 atom stereocenters. The van der Waals surface area contributed by atoms with Gasteiger partial charge in [-0.25, -0.2) is 13.9 Å². The molecule has 0 radical (unpaired) electrons. The first-order chi connectivity index (χ1) is 10.5. The molecule has 1 fully saturated rings. The molecule has 2 N–H and O–H groups in total. The normalized spacial score (nSPS) is 20.2. The standard InChI is InChI=1S/C14H20N2O5S/c1-21-11-6-8-12(9-7-11)22(19,20)16-10-4-2-3-5-13(16)14(17)15-18/h6-9,13,18H,2-5,10H2,1H3,(H,15,17)/t13-/m1/s1. The third kappa shape index (κ3) is 3.40. The summed E-state index contributed by atoms with van der Waals surface area (Å²) in [7, 11) is -2.31. The van der Waals surface area contributed by atoms with E-state index in [2.05, 4.69) is 0 Å². The number of nitrogens with one attached hydrogen (secondary N) is 1. The van der Waals surface area contributed by atoms with Crippen molar-refractivity contribution in [3.05, 3.63) is 24.3 Å². The van der Waals surface area contributed by atoms with E-state index in [9.17, 15) is 13.2 Å². The Labute approximate surface area is 129 Å². The Morgan fingerprint density at radius 1 is 1.27 bits per heavy atom. The lowest BCUT2D eigenvalue weighted by atomic mass is 10.1. The van der Waals surface area contributed by atoms with Crippen molar-refractivity contribution in [3.63, 3.8) is 0 Å². The van der Waals surface area contributed by atoms with E-state index in [1.165, 1.54) is 23.5 Å². The Kier molecular flexibility index (Phi) is 5.38. The molecule has 1 aromatic rings. The lowest BCUT2D eigenvalue weighted by molar-refractivity contribution is -0.133. The van der Waals surface area contributed by atoms with Crippen LogP contribution in [0.1, 0.15) is 25.7 Å². The second kappa shape index (κ2) is 7.08. The summed E-state index contributed by atoms with van der Waals surface area (Å²) in [5.41, 5.74) is 1.57. The van der Waals surface area contributed by atoms with E-state index in [-0.39, 0.29) is 11.4 Å². The van der Waals surface area contributed by atoms with Crippen molar-refractivity contribution >= 4 is 15.9 Å². The maximum absolute atomic E-state index is 12.8. The first kappa shape index (κ1) is 16.7. The topological polar surface area (TPSA) is 95.9 Å². The smallest absolute Gasteiger partial charge is 0.261 e. The summed E-state index contributed by atoms with van der Waals surface area (Å²) in [4.78, 5) is 11.9. The number of benzene rings is 1. The van der Waals surface area contributed by atoms with E-state index in [4.69, 9.17) is 9.94 Å². The molecule has 0 aliphatic carbocycles. The number of amides is 1. The number of rotatable bonds is 4. The number of nitrogens with zero attached hydrogens (tertiary/aromatic N) is 1. The molecule has 8 heteroatoms. The molecular weight excluding hydrogens is 308 g/mol. The fourth-order valence-electron chi connectivity index (χ4n) is 2.59. The number of hydroxylamine groups is 1. The molecule has 0 bridgehead atoms. The molecule has 122 valence electrons. The van der Waals surface area contributed by atoms with Crippen LogP contribution in [0.5, 0.6) is 5.75 Å². The molecule has 7 nitrogen and oxygen atoms in total. The zero-order valence-corrected chi connectivity index (χ0v) is 13.2. The van der Waals surface area contributed by atoms with Gasteiger partial charge in [0.05, 0.1) is 12.0 Å². The summed E-state index contributed by atoms with van der Waals surface area (Å²) < 4.78 is 31.8. The highest BCUT2D eigenvalue weighted by molar-refractivity contribution is 7.89. The van der Waals surface area contributed by atoms with E-state index in [1.54, 1.807) is 17.6 Å². The highest BCUT2D eigenvalue weighted by atomic mass is 32.2. The van der Waals surface area contributed by atoms with Crippen molar-refractivity contribution in [2.24, 2.45) is 0 Å². The van der Waals surface area contributed by atoms with E-state index in [0.29, 0.717) is 18.6 Å². The van der Waals surface area contributed by atoms with Crippen LogP contribution in [-0.2, 0) is 14.8 Å². The molecule has 22 heavy (non-hydrogen) atoms. The van der Waals surface area contributed by atoms with E-state index in [1.807, 2.05) is 0 Å². The molecule has 1 heterocycles. The van der Waals surface area contributed by atoms with Crippen molar-refractivity contribution in [2.45, 2.75) is 36.6 Å². The van der Waals surface area contributed by atoms with Gasteiger partial charge in [-0.05, 0) is 37.1 Å². The molecule has 0 aromatic heterocycles. The number of sulfonamides is 1. The lowest BCUT2D eigenvalue weighted by Crippen LogP contribution is -2.48. The number of ether oxygens (including phenoxy) is 1. The van der Waals surface area contributed by atoms with E-state index in [0.717, 1.165) is 12.8 Å². The van der Waals surface area contributed by atoms with Crippen LogP contribution in [0.4, 0.5) is 0 Å². The van der Waals surface area contributed by atoms with Gasteiger partial charge in [-0.1, -0.05) is 12.8 Å². The molecule has 1 saturated heterocycles. The fraction of sp³-hybridized carbons (Fsp3) is 0.500. The van der Waals surface area contributed by atoms with Gasteiger partial charge in [-0.3, -0.25) is 10.0 Å². The summed E-state index contributed by atoms with van der Waals surface area (Å²) in [6, 6.07) is 5.14. The van der Waals surface area contributed by atoms with Gasteiger partial charge < -0.3 is 4.74 Å². The van der Waals surface area contributed by atoms with Gasteiger partial charge in [0.1, 0.15) is 11.8 Å². The highest BCUT2D eigenvalue weighted by Crippen LogP contribution is 2.26. The second-order valence-electron chi connectivity index (χ2n) is 5.13. The minimum Gasteiger partial charge on any atom is -0.497 e. The lowest BCUT2D eigenvalue weighted by Gasteiger charge is -2.27. The molecule has 1 aromatic carbocycles. The Bertz CT molecular complexity index is 615. The molecule has 1 aliphatic rings. The van der Waals surface area contributed by atoms with Gasteiger partial charge >= 0.3 is 0 Å². The summed E-state index contributed by atoms with van der Waals surface area (Å²) in [5.74, 6) is -0.140. The summed E-state index contributed by atoms with van der Waals surface area (Å²) in [6.45, 7) is 0.256. The number of methoxy groups -OCH3 is 1. The Balaban J connectivity index is 2.36. The van der Waals surface area contributed by atoms with Crippen LogP contribution >= 0.6 is 0 Å². The zero-order valence-electron chi connectivity index (χ0n) is 12.4.